The Morgan fingerprint density at radius 2 is 0.931 bits per heavy atom. The van der Waals surface area contributed by atoms with Gasteiger partial charge in [0, 0.05) is 22.0 Å². The number of carbonyl (C=O) groups excluding carboxylic acids is 2. The maximum Gasteiger partial charge on any atom is 0.172 e. The van der Waals surface area contributed by atoms with Crippen LogP contribution >= 0.6 is 0 Å². The molecule has 0 aliphatic heterocycles. The number of aryl methyl sites for hydroxylation is 2. The van der Waals surface area contributed by atoms with E-state index in [0.717, 1.165) is 29.9 Å². The van der Waals surface area contributed by atoms with Gasteiger partial charge in [-0.1, -0.05) is 64.3 Å². The van der Waals surface area contributed by atoms with E-state index in [1.807, 2.05) is 90.1 Å². The average Bonchev–Trinajstić information content (AvgIpc) is 3.20. The summed E-state index contributed by atoms with van der Waals surface area (Å²) in [7, 11) is 0. The molecule has 1 atom stereocenters. The summed E-state index contributed by atoms with van der Waals surface area (Å²) in [6.45, 7) is 20.0. The van der Waals surface area contributed by atoms with Crippen molar-refractivity contribution in [3.63, 3.8) is 0 Å². The van der Waals surface area contributed by atoms with Crippen molar-refractivity contribution >= 4 is 11.6 Å². The lowest BCUT2D eigenvalue weighted by Crippen LogP contribution is -2.39. The lowest BCUT2D eigenvalue weighted by molar-refractivity contribution is 0.0556. The molecule has 0 spiro atoms. The number of carbonyl (C=O) groups is 2. The smallest absolute Gasteiger partial charge is 0.172 e. The monoisotopic (exact) mass is 780 g/mol. The van der Waals surface area contributed by atoms with Gasteiger partial charge in [-0.05, 0) is 168 Å². The highest BCUT2D eigenvalue weighted by Gasteiger charge is 2.38. The molecule has 0 heterocycles. The third kappa shape index (κ3) is 9.49. The first-order chi connectivity index (χ1) is 27.5. The Hall–Kier alpha value is -5.36. The van der Waals surface area contributed by atoms with Gasteiger partial charge in [0.2, 0.25) is 0 Å². The molecule has 6 heteroatoms. The minimum atomic E-state index is -0.798. The Bertz CT molecular complexity index is 2200. The zero-order valence-corrected chi connectivity index (χ0v) is 36.0. The third-order valence-electron chi connectivity index (χ3n) is 11.6. The maximum absolute atomic E-state index is 13.9. The molecule has 1 aliphatic rings. The van der Waals surface area contributed by atoms with Crippen LogP contribution in [-0.2, 0) is 5.41 Å². The van der Waals surface area contributed by atoms with Crippen molar-refractivity contribution in [1.82, 2.24) is 0 Å². The summed E-state index contributed by atoms with van der Waals surface area (Å²) in [6, 6.07) is 35.1. The van der Waals surface area contributed by atoms with E-state index in [2.05, 4.69) is 64.1 Å². The number of hydrogen-bond acceptors (Lipinski definition) is 6. The lowest BCUT2D eigenvalue weighted by atomic mass is 9.65. The topological polar surface area (TPSA) is 71.1 Å². The normalized spacial score (nSPS) is 14.7. The minimum Gasteiger partial charge on any atom is -0.491 e. The summed E-state index contributed by atoms with van der Waals surface area (Å²) in [5.41, 5.74) is 4.87. The molecule has 304 valence electrons. The maximum atomic E-state index is 13.9. The predicted molar refractivity (Wildman–Crippen MR) is 233 cm³/mol. The van der Waals surface area contributed by atoms with Gasteiger partial charge in [0.15, 0.2) is 11.6 Å². The molecule has 5 aromatic carbocycles. The van der Waals surface area contributed by atoms with Crippen molar-refractivity contribution in [3.05, 3.63) is 143 Å². The van der Waals surface area contributed by atoms with Crippen LogP contribution in [0.15, 0.2) is 109 Å². The van der Waals surface area contributed by atoms with E-state index >= 15 is 0 Å². The molecule has 1 aliphatic carbocycles. The van der Waals surface area contributed by atoms with Crippen molar-refractivity contribution in [2.24, 2.45) is 10.8 Å². The Balaban J connectivity index is 1.08. The molecular weight excluding hydrogens is 721 g/mol. The molecule has 0 saturated heterocycles. The summed E-state index contributed by atoms with van der Waals surface area (Å²) in [4.78, 5) is 26.5. The SMILES string of the molecule is Cc1cc(C2(c3ccc(OC(C)C(C)(C)C(=O)c4ccc(Oc5ccc(Oc6ccc(C(=O)C(C)(C)C)cc6)cc5)cc4)c(C)c3)CCCCC2)ccc1OC(C)C. The number of ketones is 2. The van der Waals surface area contributed by atoms with Gasteiger partial charge >= 0.3 is 0 Å². The van der Waals surface area contributed by atoms with Crippen molar-refractivity contribution in [2.75, 3.05) is 0 Å². The van der Waals surface area contributed by atoms with Crippen LogP contribution in [0.2, 0.25) is 0 Å². The summed E-state index contributed by atoms with van der Waals surface area (Å²) in [5, 5.41) is 0. The van der Waals surface area contributed by atoms with E-state index in [1.165, 1.54) is 36.0 Å². The largest absolute Gasteiger partial charge is 0.491 e. The van der Waals surface area contributed by atoms with E-state index in [-0.39, 0.29) is 29.2 Å². The molecule has 5 aromatic rings. The van der Waals surface area contributed by atoms with Gasteiger partial charge in [-0.15, -0.1) is 0 Å². The van der Waals surface area contributed by atoms with Crippen LogP contribution in [0.3, 0.4) is 0 Å². The first-order valence-electron chi connectivity index (χ1n) is 20.8. The Labute approximate surface area is 345 Å². The number of benzene rings is 5. The summed E-state index contributed by atoms with van der Waals surface area (Å²) in [5.74, 6) is 4.38. The Morgan fingerprint density at radius 1 is 0.534 bits per heavy atom. The fourth-order valence-electron chi connectivity index (χ4n) is 7.84. The van der Waals surface area contributed by atoms with Crippen molar-refractivity contribution in [1.29, 1.82) is 0 Å². The van der Waals surface area contributed by atoms with Crippen LogP contribution in [0.25, 0.3) is 0 Å². The van der Waals surface area contributed by atoms with Crippen LogP contribution in [-0.4, -0.2) is 23.8 Å². The summed E-state index contributed by atoms with van der Waals surface area (Å²) >= 11 is 0. The van der Waals surface area contributed by atoms with Crippen molar-refractivity contribution in [3.8, 4) is 34.5 Å². The van der Waals surface area contributed by atoms with Crippen LogP contribution in [0, 0.1) is 24.7 Å². The average molecular weight is 781 g/mol. The highest BCUT2D eigenvalue weighted by atomic mass is 16.5. The second kappa shape index (κ2) is 17.2. The molecular formula is C52H60O6. The second-order valence-electron chi connectivity index (χ2n) is 17.9. The molecule has 1 unspecified atom stereocenters. The van der Waals surface area contributed by atoms with Gasteiger partial charge in [-0.25, -0.2) is 0 Å². The fourth-order valence-corrected chi connectivity index (χ4v) is 7.84. The van der Waals surface area contributed by atoms with Crippen molar-refractivity contribution in [2.45, 2.75) is 119 Å². The molecule has 0 radical (unpaired) electrons. The van der Waals surface area contributed by atoms with Gasteiger partial charge in [0.1, 0.15) is 40.6 Å². The quantitative estimate of drug-likeness (QED) is 0.105. The van der Waals surface area contributed by atoms with Gasteiger partial charge in [0.25, 0.3) is 0 Å². The second-order valence-corrected chi connectivity index (χ2v) is 17.9. The Kier molecular flexibility index (Phi) is 12.6. The number of Topliss-reactive ketones (excluding diaryl/α,β-unsaturated/α-hetero) is 2. The van der Waals surface area contributed by atoms with Crippen LogP contribution in [0.4, 0.5) is 0 Å². The van der Waals surface area contributed by atoms with Crippen LogP contribution < -0.4 is 18.9 Å². The van der Waals surface area contributed by atoms with E-state index in [0.29, 0.717) is 34.1 Å². The number of hydrogen-bond donors (Lipinski definition) is 0. The first-order valence-corrected chi connectivity index (χ1v) is 20.8. The minimum absolute atomic E-state index is 0.000415. The number of ether oxygens (including phenoxy) is 4. The highest BCUT2D eigenvalue weighted by Crippen LogP contribution is 2.47. The fraction of sp³-hybridized carbons (Fsp3) is 0.385. The van der Waals surface area contributed by atoms with E-state index in [4.69, 9.17) is 18.9 Å². The van der Waals surface area contributed by atoms with Crippen LogP contribution in [0.5, 0.6) is 34.5 Å². The van der Waals surface area contributed by atoms with E-state index in [9.17, 15) is 9.59 Å². The third-order valence-corrected chi connectivity index (χ3v) is 11.6. The molecule has 0 amide bonds. The zero-order chi connectivity index (χ0) is 41.8. The molecule has 6 nitrogen and oxygen atoms in total. The summed E-state index contributed by atoms with van der Waals surface area (Å²) in [6.07, 6.45) is 5.63. The zero-order valence-electron chi connectivity index (χ0n) is 36.0. The van der Waals surface area contributed by atoms with E-state index < -0.39 is 10.8 Å². The Morgan fingerprint density at radius 3 is 1.33 bits per heavy atom. The number of rotatable bonds is 14. The molecule has 6 rings (SSSR count). The van der Waals surface area contributed by atoms with Gasteiger partial charge in [-0.3, -0.25) is 9.59 Å². The molecule has 1 fully saturated rings. The molecule has 58 heavy (non-hydrogen) atoms. The van der Waals surface area contributed by atoms with Gasteiger partial charge in [0.05, 0.1) is 11.5 Å². The van der Waals surface area contributed by atoms with Crippen molar-refractivity contribution < 1.29 is 28.5 Å². The molecule has 0 aromatic heterocycles. The van der Waals surface area contributed by atoms with E-state index in [1.54, 1.807) is 24.3 Å². The predicted octanol–water partition coefficient (Wildman–Crippen LogP) is 13.8. The molecule has 0 bridgehead atoms. The summed E-state index contributed by atoms with van der Waals surface area (Å²) < 4.78 is 24.8. The first kappa shape index (κ1) is 42.3. The van der Waals surface area contributed by atoms with Gasteiger partial charge < -0.3 is 18.9 Å². The van der Waals surface area contributed by atoms with Crippen LogP contribution in [0.1, 0.15) is 130 Å². The lowest BCUT2D eigenvalue weighted by Gasteiger charge is -2.39. The van der Waals surface area contributed by atoms with Gasteiger partial charge in [-0.2, -0.15) is 0 Å². The standard InChI is InChI=1S/C52H60O6/c1-34(2)55-46-28-18-40(32-35(46)3)52(30-12-11-13-31-52)41-19-29-47(36(4)33-41)56-37(5)51(9,10)49(54)39-16-22-43(23-17-39)58-45-26-24-44(25-27-45)57-42-20-14-38(15-21-42)48(53)50(6,7)8/h14-29,32-34,37H,11-13,30-31H2,1-10H3. The highest BCUT2D eigenvalue weighted by molar-refractivity contribution is 6.01. The molecule has 1 saturated carbocycles. The molecule has 0 N–H and O–H groups in total.